The van der Waals surface area contributed by atoms with Crippen LogP contribution in [-0.4, -0.2) is 0 Å². The highest BCUT2D eigenvalue weighted by Crippen LogP contribution is 2.62. The lowest BCUT2D eigenvalue weighted by Crippen LogP contribution is -2.32. The third-order valence-electron chi connectivity index (χ3n) is 13.3. The zero-order chi connectivity index (χ0) is 40.1. The van der Waals surface area contributed by atoms with Gasteiger partial charge in [0.25, 0.3) is 0 Å². The molecule has 0 aliphatic heterocycles. The van der Waals surface area contributed by atoms with Crippen molar-refractivity contribution in [1.29, 1.82) is 0 Å². The van der Waals surface area contributed by atoms with Crippen LogP contribution in [0.25, 0.3) is 75.5 Å². The van der Waals surface area contributed by atoms with Crippen LogP contribution in [-0.2, 0) is 5.41 Å². The quantitative estimate of drug-likeness (QED) is 0.168. The first-order valence-corrected chi connectivity index (χ1v) is 21.9. The summed E-state index contributed by atoms with van der Waals surface area (Å²) < 4.78 is 2.65. The second kappa shape index (κ2) is 13.2. The van der Waals surface area contributed by atoms with Crippen LogP contribution >= 0.6 is 11.3 Å². The number of benzene rings is 10. The Kier molecular flexibility index (Phi) is 7.46. The molecular formula is C59H37NS. The zero-order valence-electron chi connectivity index (χ0n) is 33.2. The van der Waals surface area contributed by atoms with E-state index < -0.39 is 5.41 Å². The minimum absolute atomic E-state index is 0.498. The van der Waals surface area contributed by atoms with E-state index in [0.717, 1.165) is 17.1 Å². The van der Waals surface area contributed by atoms with Gasteiger partial charge in [0, 0.05) is 37.2 Å². The molecule has 10 aromatic carbocycles. The van der Waals surface area contributed by atoms with Crippen LogP contribution in [0.1, 0.15) is 22.3 Å². The smallest absolute Gasteiger partial charge is 0.0726 e. The van der Waals surface area contributed by atoms with Crippen molar-refractivity contribution in [2.45, 2.75) is 5.41 Å². The monoisotopic (exact) mass is 791 g/mol. The molecule has 0 radical (unpaired) electrons. The third kappa shape index (κ3) is 4.94. The second-order valence-corrected chi connectivity index (χ2v) is 17.4. The molecule has 1 aromatic heterocycles. The average Bonchev–Trinajstić information content (AvgIpc) is 3.85. The number of hydrogen-bond acceptors (Lipinski definition) is 2. The molecule has 61 heavy (non-hydrogen) atoms. The Morgan fingerprint density at radius 3 is 1.62 bits per heavy atom. The van der Waals surface area contributed by atoms with Crippen molar-refractivity contribution in [2.75, 3.05) is 4.90 Å². The molecule has 1 nitrogen and oxygen atoms in total. The molecule has 11 aromatic rings. The molecule has 0 N–H and O–H groups in total. The van der Waals surface area contributed by atoms with E-state index in [1.54, 1.807) is 0 Å². The Morgan fingerprint density at radius 2 is 0.852 bits per heavy atom. The maximum absolute atomic E-state index is 2.50. The first kappa shape index (κ1) is 34.4. The van der Waals surface area contributed by atoms with E-state index in [1.807, 2.05) is 11.3 Å². The van der Waals surface area contributed by atoms with E-state index in [4.69, 9.17) is 0 Å². The van der Waals surface area contributed by atoms with Crippen molar-refractivity contribution >= 4 is 59.3 Å². The fraction of sp³-hybridized carbons (Fsp3) is 0.0169. The van der Waals surface area contributed by atoms with Crippen LogP contribution in [0.4, 0.5) is 17.1 Å². The van der Waals surface area contributed by atoms with Crippen LogP contribution in [0.5, 0.6) is 0 Å². The molecule has 2 heteroatoms. The van der Waals surface area contributed by atoms with Gasteiger partial charge in [0.15, 0.2) is 0 Å². The van der Waals surface area contributed by atoms with Crippen LogP contribution in [0.2, 0.25) is 0 Å². The Bertz CT molecular complexity index is 3520. The number of rotatable bonds is 5. The molecule has 0 bridgehead atoms. The van der Waals surface area contributed by atoms with E-state index >= 15 is 0 Å². The molecule has 0 fully saturated rings. The minimum Gasteiger partial charge on any atom is -0.310 e. The molecule has 0 amide bonds. The molecule has 1 heterocycles. The van der Waals surface area contributed by atoms with Gasteiger partial charge < -0.3 is 4.90 Å². The van der Waals surface area contributed by atoms with E-state index in [0.29, 0.717) is 0 Å². The van der Waals surface area contributed by atoms with Crippen LogP contribution in [0.15, 0.2) is 224 Å². The summed E-state index contributed by atoms with van der Waals surface area (Å²) >= 11 is 1.88. The lowest BCUT2D eigenvalue weighted by molar-refractivity contribution is 0.773. The van der Waals surface area contributed by atoms with Gasteiger partial charge in [-0.2, -0.15) is 0 Å². The van der Waals surface area contributed by atoms with E-state index in [9.17, 15) is 0 Å². The van der Waals surface area contributed by atoms with Crippen molar-refractivity contribution in [3.8, 4) is 44.5 Å². The maximum Gasteiger partial charge on any atom is 0.0726 e. The van der Waals surface area contributed by atoms with Gasteiger partial charge in [-0.15, -0.1) is 11.3 Å². The van der Waals surface area contributed by atoms with Crippen molar-refractivity contribution < 1.29 is 0 Å². The van der Waals surface area contributed by atoms with Gasteiger partial charge >= 0.3 is 0 Å². The van der Waals surface area contributed by atoms with Crippen LogP contribution in [0.3, 0.4) is 0 Å². The molecule has 13 rings (SSSR count). The van der Waals surface area contributed by atoms with Gasteiger partial charge in [-0.05, 0) is 120 Å². The molecule has 1 atom stereocenters. The van der Waals surface area contributed by atoms with Gasteiger partial charge in [0.05, 0.1) is 5.41 Å². The highest BCUT2D eigenvalue weighted by molar-refractivity contribution is 7.26. The largest absolute Gasteiger partial charge is 0.310 e. The summed E-state index contributed by atoms with van der Waals surface area (Å²) in [6.45, 7) is 0. The van der Waals surface area contributed by atoms with Gasteiger partial charge in [-0.1, -0.05) is 182 Å². The Morgan fingerprint density at radius 1 is 0.328 bits per heavy atom. The second-order valence-electron chi connectivity index (χ2n) is 16.4. The fourth-order valence-corrected chi connectivity index (χ4v) is 11.9. The number of fused-ring (bicyclic) bond motifs is 12. The van der Waals surface area contributed by atoms with Crippen molar-refractivity contribution in [3.63, 3.8) is 0 Å². The summed E-state index contributed by atoms with van der Waals surface area (Å²) in [6, 6.07) is 83.6. The van der Waals surface area contributed by atoms with Crippen LogP contribution in [0, 0.1) is 0 Å². The first-order valence-electron chi connectivity index (χ1n) is 21.1. The van der Waals surface area contributed by atoms with Crippen molar-refractivity contribution in [3.05, 3.63) is 247 Å². The van der Waals surface area contributed by atoms with Gasteiger partial charge in [-0.25, -0.2) is 0 Å². The van der Waals surface area contributed by atoms with E-state index in [2.05, 4.69) is 229 Å². The molecule has 1 unspecified atom stereocenters. The van der Waals surface area contributed by atoms with Gasteiger partial charge in [0.2, 0.25) is 0 Å². The standard InChI is InChI=1S/C59H37NS/c1-2-13-38(14-3-1)39-27-31-42(32-28-39)60(43-33-29-40(30-34-43)45-20-12-22-51-49-19-6-9-26-56(49)61-58(45)51)44-35-36-48-46-17-4-7-23-52(46)59(55(48)37-44)53-24-8-5-18-47(53)50-21-10-15-41-16-11-25-54(59)57(41)50/h1-37H. The highest BCUT2D eigenvalue weighted by atomic mass is 32.1. The topological polar surface area (TPSA) is 3.24 Å². The Hall–Kier alpha value is -7.52. The average molecular weight is 792 g/mol. The lowest BCUT2D eigenvalue weighted by Gasteiger charge is -2.40. The molecule has 0 saturated carbocycles. The van der Waals surface area contributed by atoms with E-state index in [1.165, 1.54) is 97.7 Å². The SMILES string of the molecule is c1ccc(-c2ccc(N(c3ccc(-c4cccc5c4sc4ccccc45)cc3)c3ccc4c(c3)C3(c5ccccc5-4)c4ccccc4-c4cccc5cccc3c45)cc2)cc1. The van der Waals surface area contributed by atoms with Gasteiger partial charge in [-0.3, -0.25) is 0 Å². The molecular weight excluding hydrogens is 755 g/mol. The molecule has 2 aliphatic carbocycles. The highest BCUT2D eigenvalue weighted by Gasteiger charge is 2.50. The van der Waals surface area contributed by atoms with Crippen molar-refractivity contribution in [2.24, 2.45) is 0 Å². The number of anilines is 3. The number of hydrogen-bond donors (Lipinski definition) is 0. The fourth-order valence-electron chi connectivity index (χ4n) is 10.7. The number of nitrogens with zero attached hydrogens (tertiary/aromatic N) is 1. The Labute approximate surface area is 359 Å². The summed E-state index contributed by atoms with van der Waals surface area (Å²) in [4.78, 5) is 2.44. The number of thiophene rings is 1. The first-order chi connectivity index (χ1) is 30.3. The van der Waals surface area contributed by atoms with Crippen LogP contribution < -0.4 is 4.90 Å². The summed E-state index contributed by atoms with van der Waals surface area (Å²) in [6.07, 6.45) is 0. The minimum atomic E-state index is -0.498. The lowest BCUT2D eigenvalue weighted by atomic mass is 9.61. The predicted octanol–water partition coefficient (Wildman–Crippen LogP) is 16.4. The summed E-state index contributed by atoms with van der Waals surface area (Å²) in [7, 11) is 0. The molecule has 2 aliphatic rings. The summed E-state index contributed by atoms with van der Waals surface area (Å²) in [5.41, 5.74) is 18.3. The summed E-state index contributed by atoms with van der Waals surface area (Å²) in [5, 5.41) is 5.26. The third-order valence-corrected chi connectivity index (χ3v) is 14.5. The molecule has 1 spiro atoms. The molecule has 284 valence electrons. The maximum atomic E-state index is 2.50. The van der Waals surface area contributed by atoms with Crippen molar-refractivity contribution in [1.82, 2.24) is 0 Å². The summed E-state index contributed by atoms with van der Waals surface area (Å²) in [5.74, 6) is 0. The van der Waals surface area contributed by atoms with E-state index in [-0.39, 0.29) is 0 Å². The predicted molar refractivity (Wildman–Crippen MR) is 259 cm³/mol. The normalized spacial score (nSPS) is 14.6. The zero-order valence-corrected chi connectivity index (χ0v) is 34.0. The van der Waals surface area contributed by atoms with Gasteiger partial charge in [0.1, 0.15) is 0 Å². The molecule has 0 saturated heterocycles. The Balaban J connectivity index is 1.03.